The van der Waals surface area contributed by atoms with Crippen molar-refractivity contribution in [3.63, 3.8) is 0 Å². The van der Waals surface area contributed by atoms with Crippen LogP contribution in [0.3, 0.4) is 0 Å². The Hall–Kier alpha value is -1.22. The van der Waals surface area contributed by atoms with Gasteiger partial charge < -0.3 is 10.6 Å². The van der Waals surface area contributed by atoms with E-state index in [9.17, 15) is 0 Å². The van der Waals surface area contributed by atoms with Crippen LogP contribution in [0.5, 0.6) is 0 Å². The first-order valence-electron chi connectivity index (χ1n) is 4.37. The molecule has 3 nitrogen and oxygen atoms in total. The summed E-state index contributed by atoms with van der Waals surface area (Å²) in [6.45, 7) is 7.79. The van der Waals surface area contributed by atoms with Crippen molar-refractivity contribution in [2.24, 2.45) is 5.73 Å². The van der Waals surface area contributed by atoms with Crippen LogP contribution >= 0.6 is 11.6 Å². The Morgan fingerprint density at radius 2 is 2.21 bits per heavy atom. The standard InChI is InChI=1S/C10H14ClN3/c1-7(2)14(8(3)12)9-4-5-10(11)13-6-9/h4-7H,3,12H2,1-2H3. The Bertz CT molecular complexity index is 319. The maximum Gasteiger partial charge on any atom is 0.129 e. The fraction of sp³-hybridized carbons (Fsp3) is 0.300. The molecule has 1 aromatic heterocycles. The minimum absolute atomic E-state index is 0.246. The van der Waals surface area contributed by atoms with Gasteiger partial charge in [-0.1, -0.05) is 18.2 Å². The van der Waals surface area contributed by atoms with Gasteiger partial charge in [-0.05, 0) is 26.0 Å². The average Bonchev–Trinajstić information content (AvgIpc) is 2.07. The number of pyridine rings is 1. The lowest BCUT2D eigenvalue weighted by molar-refractivity contribution is 0.747. The van der Waals surface area contributed by atoms with E-state index in [1.54, 1.807) is 12.3 Å². The first kappa shape index (κ1) is 10.9. The third-order valence-corrected chi connectivity index (χ3v) is 2.04. The SMILES string of the molecule is C=C(N)N(c1ccc(Cl)nc1)C(C)C. The fourth-order valence-corrected chi connectivity index (χ4v) is 1.42. The molecule has 1 heterocycles. The molecular formula is C10H14ClN3. The molecule has 0 aliphatic heterocycles. The number of nitrogens with two attached hydrogens (primary N) is 1. The zero-order valence-corrected chi connectivity index (χ0v) is 9.12. The smallest absolute Gasteiger partial charge is 0.129 e. The summed E-state index contributed by atoms with van der Waals surface area (Å²) in [5.74, 6) is 0.504. The quantitative estimate of drug-likeness (QED) is 0.781. The minimum atomic E-state index is 0.246. The third kappa shape index (κ3) is 2.39. The van der Waals surface area contributed by atoms with E-state index < -0.39 is 0 Å². The number of aromatic nitrogens is 1. The van der Waals surface area contributed by atoms with E-state index in [-0.39, 0.29) is 6.04 Å². The lowest BCUT2D eigenvalue weighted by Gasteiger charge is -2.27. The third-order valence-electron chi connectivity index (χ3n) is 1.82. The molecule has 1 rings (SSSR count). The predicted octanol–water partition coefficient (Wildman–Crippen LogP) is 2.38. The molecule has 0 amide bonds. The Morgan fingerprint density at radius 1 is 1.57 bits per heavy atom. The number of hydrogen-bond donors (Lipinski definition) is 1. The molecule has 0 aromatic carbocycles. The van der Waals surface area contributed by atoms with Crippen molar-refractivity contribution in [1.29, 1.82) is 0 Å². The van der Waals surface area contributed by atoms with Crippen LogP contribution in [0.2, 0.25) is 5.15 Å². The molecule has 0 saturated heterocycles. The minimum Gasteiger partial charge on any atom is -0.386 e. The van der Waals surface area contributed by atoms with Gasteiger partial charge in [-0.2, -0.15) is 0 Å². The van der Waals surface area contributed by atoms with E-state index in [2.05, 4.69) is 11.6 Å². The van der Waals surface area contributed by atoms with Gasteiger partial charge in [0.05, 0.1) is 17.7 Å². The summed E-state index contributed by atoms with van der Waals surface area (Å²) < 4.78 is 0. The summed E-state index contributed by atoms with van der Waals surface area (Å²) in [5, 5.41) is 0.472. The zero-order chi connectivity index (χ0) is 10.7. The normalized spacial score (nSPS) is 10.3. The summed E-state index contributed by atoms with van der Waals surface area (Å²) in [6.07, 6.45) is 1.68. The van der Waals surface area contributed by atoms with Gasteiger partial charge in [-0.3, -0.25) is 0 Å². The Morgan fingerprint density at radius 3 is 2.57 bits per heavy atom. The highest BCUT2D eigenvalue weighted by molar-refractivity contribution is 6.29. The molecule has 0 fully saturated rings. The molecule has 0 aliphatic carbocycles. The van der Waals surface area contributed by atoms with E-state index in [4.69, 9.17) is 17.3 Å². The second-order valence-corrected chi connectivity index (χ2v) is 3.68. The molecule has 0 atom stereocenters. The van der Waals surface area contributed by atoms with Crippen molar-refractivity contribution in [3.8, 4) is 0 Å². The Labute approximate surface area is 89.2 Å². The highest BCUT2D eigenvalue weighted by Gasteiger charge is 2.11. The average molecular weight is 212 g/mol. The molecule has 0 radical (unpaired) electrons. The van der Waals surface area contributed by atoms with Crippen LogP contribution in [0.4, 0.5) is 5.69 Å². The van der Waals surface area contributed by atoms with E-state index in [1.165, 1.54) is 0 Å². The largest absolute Gasteiger partial charge is 0.386 e. The fourth-order valence-electron chi connectivity index (χ4n) is 1.31. The van der Waals surface area contributed by atoms with Gasteiger partial charge in [0.2, 0.25) is 0 Å². The first-order valence-corrected chi connectivity index (χ1v) is 4.75. The molecule has 2 N–H and O–H groups in total. The highest BCUT2D eigenvalue weighted by atomic mass is 35.5. The van der Waals surface area contributed by atoms with Gasteiger partial charge in [-0.25, -0.2) is 4.98 Å². The second kappa shape index (κ2) is 4.33. The number of nitrogens with zero attached hydrogens (tertiary/aromatic N) is 2. The van der Waals surface area contributed by atoms with Crippen molar-refractivity contribution in [2.45, 2.75) is 19.9 Å². The monoisotopic (exact) mass is 211 g/mol. The molecule has 1 aromatic rings. The molecule has 0 unspecified atom stereocenters. The van der Waals surface area contributed by atoms with Gasteiger partial charge in [0.1, 0.15) is 5.15 Å². The van der Waals surface area contributed by atoms with Crippen LogP contribution < -0.4 is 10.6 Å². The maximum absolute atomic E-state index is 5.69. The molecule has 76 valence electrons. The number of hydrogen-bond acceptors (Lipinski definition) is 3. The van der Waals surface area contributed by atoms with Crippen LogP contribution in [0.15, 0.2) is 30.7 Å². The van der Waals surface area contributed by atoms with Gasteiger partial charge >= 0.3 is 0 Å². The molecule has 14 heavy (non-hydrogen) atoms. The molecule has 0 spiro atoms. The van der Waals surface area contributed by atoms with Crippen LogP contribution in [-0.4, -0.2) is 11.0 Å². The first-order chi connectivity index (χ1) is 6.52. The van der Waals surface area contributed by atoms with Gasteiger partial charge in [0.25, 0.3) is 0 Å². The zero-order valence-electron chi connectivity index (χ0n) is 8.37. The Balaban J connectivity index is 3.00. The van der Waals surface area contributed by atoms with Gasteiger partial charge in [0.15, 0.2) is 0 Å². The number of anilines is 1. The lowest BCUT2D eigenvalue weighted by Crippen LogP contribution is -2.33. The van der Waals surface area contributed by atoms with E-state index in [0.717, 1.165) is 5.69 Å². The second-order valence-electron chi connectivity index (χ2n) is 3.29. The van der Waals surface area contributed by atoms with Gasteiger partial charge in [-0.15, -0.1) is 0 Å². The maximum atomic E-state index is 5.69. The van der Waals surface area contributed by atoms with Crippen molar-refractivity contribution in [3.05, 3.63) is 35.9 Å². The van der Waals surface area contributed by atoms with E-state index in [1.807, 2.05) is 24.8 Å². The molecule has 4 heteroatoms. The van der Waals surface area contributed by atoms with Gasteiger partial charge in [0, 0.05) is 6.04 Å². The van der Waals surface area contributed by atoms with Crippen molar-refractivity contribution in [1.82, 2.24) is 4.98 Å². The van der Waals surface area contributed by atoms with Crippen LogP contribution in [0.1, 0.15) is 13.8 Å². The summed E-state index contributed by atoms with van der Waals surface area (Å²) in [5.41, 5.74) is 6.58. The van der Waals surface area contributed by atoms with Crippen molar-refractivity contribution in [2.75, 3.05) is 4.90 Å². The predicted molar refractivity (Wildman–Crippen MR) is 60.2 cm³/mol. The van der Waals surface area contributed by atoms with Crippen molar-refractivity contribution < 1.29 is 0 Å². The van der Waals surface area contributed by atoms with Crippen LogP contribution in [0.25, 0.3) is 0 Å². The van der Waals surface area contributed by atoms with E-state index >= 15 is 0 Å². The highest BCUT2D eigenvalue weighted by Crippen LogP contribution is 2.19. The number of rotatable bonds is 3. The molecule has 0 saturated carbocycles. The van der Waals surface area contributed by atoms with Crippen LogP contribution in [0, 0.1) is 0 Å². The molecule has 0 aliphatic rings. The summed E-state index contributed by atoms with van der Waals surface area (Å²) in [4.78, 5) is 5.88. The van der Waals surface area contributed by atoms with Crippen LogP contribution in [-0.2, 0) is 0 Å². The summed E-state index contributed by atoms with van der Waals surface area (Å²) in [7, 11) is 0. The molecular weight excluding hydrogens is 198 g/mol. The summed E-state index contributed by atoms with van der Waals surface area (Å²) in [6, 6.07) is 3.85. The lowest BCUT2D eigenvalue weighted by atomic mass is 10.3. The number of halogens is 1. The van der Waals surface area contributed by atoms with E-state index in [0.29, 0.717) is 11.0 Å². The van der Waals surface area contributed by atoms with Crippen molar-refractivity contribution >= 4 is 17.3 Å². The Kier molecular flexibility index (Phi) is 3.36. The summed E-state index contributed by atoms with van der Waals surface area (Å²) >= 11 is 5.69. The molecule has 0 bridgehead atoms. The topological polar surface area (TPSA) is 42.1 Å².